The van der Waals surface area contributed by atoms with Gasteiger partial charge >= 0.3 is 6.18 Å². The van der Waals surface area contributed by atoms with Crippen LogP contribution in [0.2, 0.25) is 0 Å². The first-order valence-electron chi connectivity index (χ1n) is 20.7. The summed E-state index contributed by atoms with van der Waals surface area (Å²) in [4.78, 5) is 46.9. The first-order chi connectivity index (χ1) is 30.0. The maximum Gasteiger partial charge on any atom is 0.418 e. The van der Waals surface area contributed by atoms with Crippen LogP contribution in [-0.2, 0) is 39.9 Å². The summed E-state index contributed by atoms with van der Waals surface area (Å²) in [6.07, 6.45) is 0.256. The molecule has 0 bridgehead atoms. The van der Waals surface area contributed by atoms with Crippen molar-refractivity contribution in [2.75, 3.05) is 49.2 Å². The predicted molar refractivity (Wildman–Crippen MR) is 224 cm³/mol. The van der Waals surface area contributed by atoms with Crippen molar-refractivity contribution in [3.05, 3.63) is 59.7 Å². The smallest absolute Gasteiger partial charge is 0.389 e. The van der Waals surface area contributed by atoms with Gasteiger partial charge in [0.25, 0.3) is 0 Å². The number of aliphatic hydroxyl groups excluding tert-OH is 1. The van der Waals surface area contributed by atoms with Gasteiger partial charge in [-0.05, 0) is 52.3 Å². The number of halogens is 4. The summed E-state index contributed by atoms with van der Waals surface area (Å²) in [5.41, 5.74) is 3.95. The zero-order valence-corrected chi connectivity index (χ0v) is 34.9. The molecule has 2 saturated heterocycles. The second-order valence-corrected chi connectivity index (χ2v) is 17.5. The predicted octanol–water partition coefficient (Wildman–Crippen LogP) is 5.94. The molecule has 21 heteroatoms. The number of nitrogens with zero attached hydrogens (tertiary/aromatic N) is 12. The summed E-state index contributed by atoms with van der Waals surface area (Å²) >= 11 is 0. The van der Waals surface area contributed by atoms with E-state index in [1.54, 1.807) is 6.20 Å². The number of hydrogen-bond donors (Lipinski definition) is 3. The highest BCUT2D eigenvalue weighted by Crippen LogP contribution is 2.40. The molecular formula is C42H42F4N14O3. The highest BCUT2D eigenvalue weighted by molar-refractivity contribution is 5.90. The molecule has 17 nitrogen and oxygen atoms in total. The summed E-state index contributed by atoms with van der Waals surface area (Å²) in [5, 5.41) is 10.8. The zero-order valence-electron chi connectivity index (χ0n) is 34.9. The molecule has 8 aromatic heterocycles. The highest BCUT2D eigenvalue weighted by atomic mass is 19.4. The quantitative estimate of drug-likeness (QED) is 0.177. The number of hydrogen-bond acceptors (Lipinski definition) is 13. The Morgan fingerprint density at radius 1 is 0.698 bits per heavy atom. The monoisotopic (exact) mass is 866 g/mol. The molecule has 8 aromatic rings. The summed E-state index contributed by atoms with van der Waals surface area (Å²) in [6, 6.07) is 3.45. The van der Waals surface area contributed by atoms with E-state index in [4.69, 9.17) is 34.4 Å². The number of aryl methyl sites for hydroxylation is 1. The molecule has 0 aliphatic carbocycles. The van der Waals surface area contributed by atoms with Gasteiger partial charge in [-0.1, -0.05) is 0 Å². The van der Waals surface area contributed by atoms with Crippen LogP contribution in [0.25, 0.3) is 67.2 Å². The van der Waals surface area contributed by atoms with Gasteiger partial charge in [-0.2, -0.15) is 13.2 Å². The molecule has 12 rings (SSSR count). The maximum atomic E-state index is 13.7. The van der Waals surface area contributed by atoms with E-state index in [-0.39, 0.29) is 16.9 Å². The summed E-state index contributed by atoms with van der Waals surface area (Å²) < 4.78 is 69.9. The Hall–Kier alpha value is -6.32. The Morgan fingerprint density at radius 3 is 1.70 bits per heavy atom. The normalized spacial score (nSPS) is 18.7. The number of aromatic amines is 2. The van der Waals surface area contributed by atoms with Gasteiger partial charge in [0.1, 0.15) is 40.3 Å². The van der Waals surface area contributed by atoms with Crippen LogP contribution in [0.5, 0.6) is 0 Å². The van der Waals surface area contributed by atoms with Crippen LogP contribution < -0.4 is 9.80 Å². The topological polar surface area (TPSA) is 190 Å². The third-order valence-corrected chi connectivity index (χ3v) is 12.2. The average molecular weight is 867 g/mol. The molecule has 4 aliphatic rings. The van der Waals surface area contributed by atoms with E-state index in [1.807, 2.05) is 61.2 Å². The average Bonchev–Trinajstić information content (AvgIpc) is 4.01. The number of rotatable bonds is 4. The number of fused-ring (bicyclic) bond motifs is 8. The number of ether oxygens (including phenoxy) is 2. The van der Waals surface area contributed by atoms with E-state index >= 15 is 0 Å². The van der Waals surface area contributed by atoms with Crippen LogP contribution in [0.3, 0.4) is 0 Å². The first-order valence-corrected chi connectivity index (χ1v) is 20.7. The fraction of sp³-hybridized carbons (Fsp3) is 0.429. The van der Waals surface area contributed by atoms with Crippen molar-refractivity contribution in [3.63, 3.8) is 0 Å². The van der Waals surface area contributed by atoms with E-state index in [9.17, 15) is 22.7 Å². The van der Waals surface area contributed by atoms with Crippen molar-refractivity contribution in [3.8, 4) is 22.8 Å². The van der Waals surface area contributed by atoms with Gasteiger partial charge in [-0.15, -0.1) is 0 Å². The Labute approximate surface area is 355 Å². The number of β-amino-alcohol motifs (C(OH)–C–C–N with tert-alkyl or cyclic N) is 1. The van der Waals surface area contributed by atoms with Crippen molar-refractivity contribution >= 4 is 56.0 Å². The zero-order chi connectivity index (χ0) is 43.7. The number of pyridine rings is 2. The Kier molecular flexibility index (Phi) is 8.68. The third-order valence-electron chi connectivity index (χ3n) is 12.2. The van der Waals surface area contributed by atoms with Crippen LogP contribution in [0.15, 0.2) is 36.9 Å². The van der Waals surface area contributed by atoms with Crippen molar-refractivity contribution < 1.29 is 32.1 Å². The lowest BCUT2D eigenvalue weighted by atomic mass is 10.1. The van der Waals surface area contributed by atoms with Crippen LogP contribution >= 0.6 is 0 Å². The molecule has 63 heavy (non-hydrogen) atoms. The molecule has 0 unspecified atom stereocenters. The lowest BCUT2D eigenvalue weighted by Gasteiger charge is -2.36. The van der Waals surface area contributed by atoms with Gasteiger partial charge in [0.2, 0.25) is 0 Å². The fourth-order valence-electron chi connectivity index (χ4n) is 8.77. The van der Waals surface area contributed by atoms with Crippen LogP contribution in [0.4, 0.5) is 29.2 Å². The number of aliphatic hydroxyl groups is 1. The number of nitrogens with one attached hydrogen (secondary N) is 2. The largest absolute Gasteiger partial charge is 0.418 e. The maximum absolute atomic E-state index is 13.7. The van der Waals surface area contributed by atoms with E-state index in [0.717, 1.165) is 39.8 Å². The summed E-state index contributed by atoms with van der Waals surface area (Å²) in [5.74, 6) is 3.55. The minimum Gasteiger partial charge on any atom is -0.389 e. The fourth-order valence-corrected chi connectivity index (χ4v) is 8.77. The third kappa shape index (κ3) is 6.45. The molecule has 0 atom stereocenters. The van der Waals surface area contributed by atoms with Crippen molar-refractivity contribution in [1.82, 2.24) is 59.0 Å². The summed E-state index contributed by atoms with van der Waals surface area (Å²) in [6.45, 7) is 13.6. The number of H-pyrrole nitrogens is 2. The highest BCUT2D eigenvalue weighted by Gasteiger charge is 2.39. The summed E-state index contributed by atoms with van der Waals surface area (Å²) in [7, 11) is 0. The Morgan fingerprint density at radius 2 is 1.19 bits per heavy atom. The number of anilines is 2. The lowest BCUT2D eigenvalue weighted by Crippen LogP contribution is -2.51. The standard InChI is InChI=1S/C21H20F3N7O2.C21H22FN7O/c1-20(2)19-27-14-17(30-8-11(32)9-30)28-15(29-18(14)31(19)3-4-33-20)10-5-12-13(21(22,23)24)7-26-16(12)25-6-10;1-11-7-23-17-14(11)6-12(8-24-17)16-26-18(28-9-13(22)10-28)15-19(27-16)29-4-5-30-21(2,3)20(29)25-15/h5-7,11,32H,3-4,8-9H2,1-2H3,(H,25,26);6-8,13H,4-5,9-10H2,1-3H3,(H,23,24). The second kappa shape index (κ2) is 13.8. The lowest BCUT2D eigenvalue weighted by molar-refractivity contribution is -0.136. The van der Waals surface area contributed by atoms with Gasteiger partial charge in [0.15, 0.2) is 45.6 Å². The van der Waals surface area contributed by atoms with Crippen molar-refractivity contribution in [2.24, 2.45) is 0 Å². The van der Waals surface area contributed by atoms with Crippen molar-refractivity contribution in [2.45, 2.75) is 77.4 Å². The number of imidazole rings is 2. The van der Waals surface area contributed by atoms with Gasteiger partial charge in [0.05, 0.1) is 38.0 Å². The first kappa shape index (κ1) is 39.5. The molecule has 4 aliphatic heterocycles. The number of alkyl halides is 4. The molecule has 0 saturated carbocycles. The van der Waals surface area contributed by atoms with E-state index in [2.05, 4.69) is 29.5 Å². The Balaban J connectivity index is 0.000000142. The van der Waals surface area contributed by atoms with Crippen molar-refractivity contribution in [1.29, 1.82) is 0 Å². The molecule has 12 heterocycles. The molecular weight excluding hydrogens is 825 g/mol. The van der Waals surface area contributed by atoms with Gasteiger partial charge in [-0.25, -0.2) is 44.3 Å². The SMILES string of the molecule is CC1(C)OCCn2c1nc1c(N3CC(O)C3)nc(-c3cnc4[nH]cc(C(F)(F)F)c4c3)nc12.Cc1c[nH]c2ncc(-c3nc(N4CC(F)C4)c4nc5n(c4n3)CCOC5(C)C)cc12. The molecule has 0 radical (unpaired) electrons. The van der Waals surface area contributed by atoms with Gasteiger partial charge in [0, 0.05) is 72.9 Å². The number of aromatic nitrogens is 12. The molecule has 0 aromatic carbocycles. The minimum atomic E-state index is -4.52. The Bertz CT molecular complexity index is 3120. The van der Waals surface area contributed by atoms with Gasteiger partial charge < -0.3 is 43.5 Å². The van der Waals surface area contributed by atoms with Crippen LogP contribution in [-0.4, -0.2) is 116 Å². The van der Waals surface area contributed by atoms with Crippen LogP contribution in [0, 0.1) is 6.92 Å². The van der Waals surface area contributed by atoms with E-state index in [0.29, 0.717) is 98.0 Å². The molecule has 2 fully saturated rings. The molecule has 0 amide bonds. The molecule has 326 valence electrons. The van der Waals surface area contributed by atoms with Crippen LogP contribution in [0.1, 0.15) is 50.5 Å². The van der Waals surface area contributed by atoms with Gasteiger partial charge in [-0.3, -0.25) is 0 Å². The van der Waals surface area contributed by atoms with E-state index in [1.165, 1.54) is 12.3 Å². The molecule has 0 spiro atoms. The minimum absolute atomic E-state index is 0.0468. The molecule has 3 N–H and O–H groups in total. The van der Waals surface area contributed by atoms with E-state index < -0.39 is 35.2 Å². The second-order valence-electron chi connectivity index (χ2n) is 17.5.